The van der Waals surface area contributed by atoms with Crippen molar-refractivity contribution >= 4 is 34.8 Å². The van der Waals surface area contributed by atoms with Crippen LogP contribution in [0.2, 0.25) is 10.0 Å². The van der Waals surface area contributed by atoms with Crippen molar-refractivity contribution < 1.29 is 9.53 Å². The number of hydrogen-bond acceptors (Lipinski definition) is 3. The molecule has 0 radical (unpaired) electrons. The van der Waals surface area contributed by atoms with E-state index in [9.17, 15) is 4.79 Å². The molecule has 0 aliphatic carbocycles. The van der Waals surface area contributed by atoms with Gasteiger partial charge in [-0.2, -0.15) is 0 Å². The molecule has 0 saturated heterocycles. The van der Waals surface area contributed by atoms with Crippen LogP contribution in [0.1, 0.15) is 17.2 Å². The van der Waals surface area contributed by atoms with E-state index in [0.29, 0.717) is 27.0 Å². The molecule has 0 spiro atoms. The van der Waals surface area contributed by atoms with Gasteiger partial charge < -0.3 is 9.14 Å². The normalized spacial score (nSPS) is 12.1. The van der Waals surface area contributed by atoms with E-state index in [0.717, 1.165) is 11.2 Å². The lowest BCUT2D eigenvalue weighted by molar-refractivity contribution is -0.141. The highest BCUT2D eigenvalue weighted by Gasteiger charge is 2.32. The minimum atomic E-state index is -0.734. The van der Waals surface area contributed by atoms with E-state index < -0.39 is 11.9 Å². The number of hydrogen-bond donors (Lipinski definition) is 0. The van der Waals surface area contributed by atoms with E-state index in [2.05, 4.69) is 0 Å². The van der Waals surface area contributed by atoms with Gasteiger partial charge in [0, 0.05) is 21.8 Å². The number of halogens is 2. The number of pyridine rings is 1. The zero-order valence-electron chi connectivity index (χ0n) is 15.0. The monoisotopic (exact) mass is 410 g/mol. The van der Waals surface area contributed by atoms with Crippen LogP contribution in [0, 0.1) is 0 Å². The largest absolute Gasteiger partial charge is 0.468 e. The second-order valence-electron chi connectivity index (χ2n) is 6.26. The number of methoxy groups -OCH3 is 1. The lowest BCUT2D eigenvalue weighted by Gasteiger charge is -2.18. The Balaban J connectivity index is 2.04. The molecule has 4 rings (SSSR count). The van der Waals surface area contributed by atoms with Crippen LogP contribution >= 0.6 is 23.2 Å². The second-order valence-corrected chi connectivity index (χ2v) is 7.10. The number of esters is 1. The molecule has 2 aromatic heterocycles. The van der Waals surface area contributed by atoms with Crippen LogP contribution in [-0.4, -0.2) is 22.5 Å². The summed E-state index contributed by atoms with van der Waals surface area (Å²) < 4.78 is 7.04. The molecule has 6 heteroatoms. The number of carbonyl (C=O) groups is 1. The quantitative estimate of drug-likeness (QED) is 0.410. The summed E-state index contributed by atoms with van der Waals surface area (Å²) in [5, 5.41) is 1.12. The number of benzene rings is 2. The molecule has 0 bridgehead atoms. The Labute approximate surface area is 172 Å². The maximum Gasteiger partial charge on any atom is 0.319 e. The van der Waals surface area contributed by atoms with Gasteiger partial charge in [-0.1, -0.05) is 59.6 Å². The molecule has 4 nitrogen and oxygen atoms in total. The molecule has 0 N–H and O–H groups in total. The van der Waals surface area contributed by atoms with Crippen LogP contribution in [-0.2, 0) is 9.53 Å². The van der Waals surface area contributed by atoms with E-state index >= 15 is 0 Å². The first-order chi connectivity index (χ1) is 13.6. The average molecular weight is 411 g/mol. The maximum absolute atomic E-state index is 12.9. The predicted octanol–water partition coefficient (Wildman–Crippen LogP) is 5.61. The third kappa shape index (κ3) is 3.26. The summed E-state index contributed by atoms with van der Waals surface area (Å²) in [5.74, 6) is -1.14. The molecule has 2 heterocycles. The molecule has 28 heavy (non-hydrogen) atoms. The van der Waals surface area contributed by atoms with E-state index in [1.54, 1.807) is 18.2 Å². The topological polar surface area (TPSA) is 43.6 Å². The van der Waals surface area contributed by atoms with Crippen LogP contribution in [0.15, 0.2) is 72.9 Å². The van der Waals surface area contributed by atoms with Crippen molar-refractivity contribution in [3.05, 3.63) is 94.2 Å². The highest BCUT2D eigenvalue weighted by atomic mass is 35.5. The second kappa shape index (κ2) is 7.66. The van der Waals surface area contributed by atoms with Crippen molar-refractivity contribution in [3.8, 4) is 11.3 Å². The van der Waals surface area contributed by atoms with E-state index in [1.165, 1.54) is 7.11 Å². The smallest absolute Gasteiger partial charge is 0.319 e. The summed E-state index contributed by atoms with van der Waals surface area (Å²) in [7, 11) is 1.37. The molecule has 0 fully saturated rings. The van der Waals surface area contributed by atoms with Gasteiger partial charge in [0.2, 0.25) is 0 Å². The number of nitrogens with zero attached hydrogens (tertiary/aromatic N) is 2. The highest BCUT2D eigenvalue weighted by Crippen LogP contribution is 2.37. The summed E-state index contributed by atoms with van der Waals surface area (Å²) in [6.45, 7) is 0. The third-order valence-electron chi connectivity index (χ3n) is 4.61. The lowest BCUT2D eigenvalue weighted by Crippen LogP contribution is -2.18. The van der Waals surface area contributed by atoms with Gasteiger partial charge >= 0.3 is 5.97 Å². The first-order valence-electron chi connectivity index (χ1n) is 8.65. The van der Waals surface area contributed by atoms with Crippen LogP contribution in [0.4, 0.5) is 0 Å². The number of rotatable bonds is 4. The molecule has 4 aromatic rings. The van der Waals surface area contributed by atoms with Crippen molar-refractivity contribution in [1.82, 2.24) is 9.38 Å². The Morgan fingerprint density at radius 2 is 1.71 bits per heavy atom. The van der Waals surface area contributed by atoms with Gasteiger partial charge in [0.1, 0.15) is 11.6 Å². The molecule has 2 aromatic carbocycles. The number of imidazole rings is 1. The Bertz CT molecular complexity index is 1150. The molecule has 0 amide bonds. The molecular weight excluding hydrogens is 395 g/mol. The minimum Gasteiger partial charge on any atom is -0.468 e. The lowest BCUT2D eigenvalue weighted by atomic mass is 9.92. The van der Waals surface area contributed by atoms with Gasteiger partial charge in [0.25, 0.3) is 0 Å². The summed E-state index contributed by atoms with van der Waals surface area (Å²) >= 11 is 12.5. The van der Waals surface area contributed by atoms with E-state index in [1.807, 2.05) is 59.1 Å². The van der Waals surface area contributed by atoms with Gasteiger partial charge in [-0.15, -0.1) is 0 Å². The van der Waals surface area contributed by atoms with Gasteiger partial charge in [0.15, 0.2) is 0 Å². The number of fused-ring (bicyclic) bond motifs is 1. The molecular formula is C22H16Cl2N2O2. The highest BCUT2D eigenvalue weighted by molar-refractivity contribution is 6.31. The standard InChI is InChI=1S/C22H16Cl2N2O2/c1-28-22(27)19(16-6-2-3-7-17(16)24)21-20(14-9-11-15(23)12-10-14)25-18-8-4-5-13-26(18)21/h2-13,19H,1H3. The Kier molecular flexibility index (Phi) is 5.07. The Hall–Kier alpha value is -2.82. The average Bonchev–Trinajstić information content (AvgIpc) is 3.09. The maximum atomic E-state index is 12.9. The van der Waals surface area contributed by atoms with Crippen LogP contribution in [0.25, 0.3) is 16.9 Å². The first kappa shape index (κ1) is 18.5. The summed E-state index contributed by atoms with van der Waals surface area (Å²) in [6.07, 6.45) is 1.88. The van der Waals surface area contributed by atoms with Gasteiger partial charge in [0.05, 0.1) is 18.5 Å². The molecule has 0 saturated carbocycles. The van der Waals surface area contributed by atoms with Crippen LogP contribution < -0.4 is 0 Å². The molecule has 0 aliphatic heterocycles. The van der Waals surface area contributed by atoms with Gasteiger partial charge in [-0.3, -0.25) is 4.79 Å². The fourth-order valence-electron chi connectivity index (χ4n) is 3.32. The summed E-state index contributed by atoms with van der Waals surface area (Å²) in [6, 6.07) is 20.3. The number of carbonyl (C=O) groups excluding carboxylic acids is 1. The zero-order valence-corrected chi connectivity index (χ0v) is 16.5. The molecule has 1 atom stereocenters. The zero-order chi connectivity index (χ0) is 19.7. The Morgan fingerprint density at radius 1 is 1.00 bits per heavy atom. The molecule has 140 valence electrons. The fourth-order valence-corrected chi connectivity index (χ4v) is 3.69. The van der Waals surface area contributed by atoms with Crippen molar-refractivity contribution in [2.24, 2.45) is 0 Å². The van der Waals surface area contributed by atoms with Gasteiger partial charge in [-0.25, -0.2) is 4.98 Å². The van der Waals surface area contributed by atoms with Crippen LogP contribution in [0.5, 0.6) is 0 Å². The van der Waals surface area contributed by atoms with E-state index in [-0.39, 0.29) is 0 Å². The van der Waals surface area contributed by atoms with Crippen molar-refractivity contribution in [3.63, 3.8) is 0 Å². The van der Waals surface area contributed by atoms with E-state index in [4.69, 9.17) is 32.9 Å². The minimum absolute atomic E-state index is 0.408. The predicted molar refractivity (Wildman–Crippen MR) is 111 cm³/mol. The van der Waals surface area contributed by atoms with Crippen LogP contribution in [0.3, 0.4) is 0 Å². The van der Waals surface area contributed by atoms with Gasteiger partial charge in [-0.05, 0) is 35.9 Å². The first-order valence-corrected chi connectivity index (χ1v) is 9.41. The number of aromatic nitrogens is 2. The number of ether oxygens (including phenoxy) is 1. The van der Waals surface area contributed by atoms with Crippen molar-refractivity contribution in [2.75, 3.05) is 7.11 Å². The summed E-state index contributed by atoms with van der Waals surface area (Å²) in [5.41, 5.74) is 3.61. The molecule has 1 unspecified atom stereocenters. The SMILES string of the molecule is COC(=O)C(c1ccccc1Cl)c1c(-c2ccc(Cl)cc2)nc2ccccn12. The third-order valence-corrected chi connectivity index (χ3v) is 5.21. The molecule has 0 aliphatic rings. The van der Waals surface area contributed by atoms with Crippen molar-refractivity contribution in [1.29, 1.82) is 0 Å². The summed E-state index contributed by atoms with van der Waals surface area (Å²) in [4.78, 5) is 17.7. The Morgan fingerprint density at radius 3 is 2.43 bits per heavy atom. The van der Waals surface area contributed by atoms with Crippen molar-refractivity contribution in [2.45, 2.75) is 5.92 Å². The fraction of sp³-hybridized carbons (Fsp3) is 0.0909.